The minimum atomic E-state index is -0.832. The second-order valence-corrected chi connectivity index (χ2v) is 3.70. The highest BCUT2D eigenvalue weighted by molar-refractivity contribution is 5.18. The Labute approximate surface area is 97.6 Å². The number of rotatable bonds is 4. The third-order valence-electron chi connectivity index (χ3n) is 2.32. The van der Waals surface area contributed by atoms with Gasteiger partial charge in [0, 0.05) is 13.5 Å². The Morgan fingerprint density at radius 3 is 2.76 bits per heavy atom. The third kappa shape index (κ3) is 3.03. The number of hydrogen-bond acceptors (Lipinski definition) is 2. The Kier molecular flexibility index (Phi) is 3.37. The highest BCUT2D eigenvalue weighted by atomic mass is 19.2. The summed E-state index contributed by atoms with van der Waals surface area (Å²) in [6.07, 6.45) is 3.86. The molecule has 3 nitrogen and oxygen atoms in total. The number of halogens is 2. The van der Waals surface area contributed by atoms with Gasteiger partial charge in [-0.15, -0.1) is 0 Å². The Morgan fingerprint density at radius 1 is 1.29 bits per heavy atom. The summed E-state index contributed by atoms with van der Waals surface area (Å²) in [4.78, 5) is 0. The molecule has 2 rings (SSSR count). The second kappa shape index (κ2) is 4.95. The van der Waals surface area contributed by atoms with E-state index in [0.717, 1.165) is 6.07 Å². The molecule has 0 radical (unpaired) electrons. The fourth-order valence-corrected chi connectivity index (χ4v) is 1.46. The molecule has 0 fully saturated rings. The van der Waals surface area contributed by atoms with Crippen molar-refractivity contribution in [2.45, 2.75) is 6.42 Å². The van der Waals surface area contributed by atoms with Gasteiger partial charge in [0.2, 0.25) is 0 Å². The van der Waals surface area contributed by atoms with Gasteiger partial charge in [-0.2, -0.15) is 5.10 Å². The van der Waals surface area contributed by atoms with Crippen molar-refractivity contribution in [2.75, 3.05) is 6.61 Å². The molecule has 0 bridgehead atoms. The molecule has 0 atom stereocenters. The van der Waals surface area contributed by atoms with Crippen molar-refractivity contribution in [3.05, 3.63) is 47.8 Å². The number of nitrogens with zero attached hydrogens (tertiary/aromatic N) is 2. The van der Waals surface area contributed by atoms with Crippen molar-refractivity contribution in [2.24, 2.45) is 7.05 Å². The van der Waals surface area contributed by atoms with Crippen molar-refractivity contribution < 1.29 is 13.5 Å². The van der Waals surface area contributed by atoms with Gasteiger partial charge < -0.3 is 4.74 Å². The number of aryl methyl sites for hydroxylation is 1. The summed E-state index contributed by atoms with van der Waals surface area (Å²) in [5, 5.41) is 3.95. The van der Waals surface area contributed by atoms with Crippen LogP contribution in [0.4, 0.5) is 8.78 Å². The van der Waals surface area contributed by atoms with Crippen LogP contribution in [0.15, 0.2) is 30.6 Å². The van der Waals surface area contributed by atoms with Crippen LogP contribution in [0.3, 0.4) is 0 Å². The Balaban J connectivity index is 1.87. The number of aromatic nitrogens is 2. The van der Waals surface area contributed by atoms with Gasteiger partial charge in [0.05, 0.1) is 19.0 Å². The van der Waals surface area contributed by atoms with Gasteiger partial charge in [0.25, 0.3) is 0 Å². The van der Waals surface area contributed by atoms with Crippen molar-refractivity contribution >= 4 is 0 Å². The van der Waals surface area contributed by atoms with Crippen molar-refractivity contribution in [3.8, 4) is 5.75 Å². The first kappa shape index (κ1) is 11.6. The van der Waals surface area contributed by atoms with E-state index in [1.807, 2.05) is 0 Å². The molecule has 0 aliphatic rings. The molecule has 0 saturated carbocycles. The molecule has 1 heterocycles. The zero-order valence-corrected chi connectivity index (χ0v) is 9.36. The molecule has 0 aliphatic carbocycles. The van der Waals surface area contributed by atoms with Crippen molar-refractivity contribution in [1.29, 1.82) is 0 Å². The van der Waals surface area contributed by atoms with Gasteiger partial charge in [-0.3, -0.25) is 4.68 Å². The Morgan fingerprint density at radius 2 is 2.12 bits per heavy atom. The van der Waals surface area contributed by atoms with E-state index in [1.165, 1.54) is 6.07 Å². The van der Waals surface area contributed by atoms with Crippen molar-refractivity contribution in [1.82, 2.24) is 9.78 Å². The van der Waals surface area contributed by atoms with Crippen LogP contribution in [-0.4, -0.2) is 16.4 Å². The van der Waals surface area contributed by atoms with E-state index in [2.05, 4.69) is 5.10 Å². The zero-order chi connectivity index (χ0) is 12.3. The van der Waals surface area contributed by atoms with Gasteiger partial charge in [-0.25, -0.2) is 8.78 Å². The summed E-state index contributed by atoms with van der Waals surface area (Å²) >= 11 is 0. The maximum Gasteiger partial charge on any atom is 0.159 e. The van der Waals surface area contributed by atoms with E-state index >= 15 is 0 Å². The van der Waals surface area contributed by atoms with E-state index in [9.17, 15) is 8.78 Å². The molecule has 1 aromatic carbocycles. The number of hydrogen-bond donors (Lipinski definition) is 0. The maximum atomic E-state index is 12.9. The molecule has 0 N–H and O–H groups in total. The fraction of sp³-hybridized carbons (Fsp3) is 0.250. The van der Waals surface area contributed by atoms with Gasteiger partial charge >= 0.3 is 0 Å². The highest BCUT2D eigenvalue weighted by Crippen LogP contribution is 2.11. The average Bonchev–Trinajstić information content (AvgIpc) is 2.70. The van der Waals surface area contributed by atoms with E-state index in [0.29, 0.717) is 24.3 Å². The number of ether oxygens (including phenoxy) is 1. The Bertz CT molecular complexity index is 511. The summed E-state index contributed by atoms with van der Waals surface area (Å²) < 4.78 is 32.6. The van der Waals surface area contributed by atoms with Crippen molar-refractivity contribution in [3.63, 3.8) is 0 Å². The average molecular weight is 238 g/mol. The van der Waals surface area contributed by atoms with Gasteiger partial charge in [0.1, 0.15) is 0 Å². The van der Waals surface area contributed by atoms with Crippen LogP contribution >= 0.6 is 0 Å². The van der Waals surface area contributed by atoms with Crippen LogP contribution in [0.1, 0.15) is 5.56 Å². The highest BCUT2D eigenvalue weighted by Gasteiger charge is 2.03. The SMILES string of the molecule is Cn1cc(OCCc2ccc(F)c(F)c2)cn1. The lowest BCUT2D eigenvalue weighted by Crippen LogP contribution is -2.01. The molecule has 0 saturated heterocycles. The summed E-state index contributed by atoms with van der Waals surface area (Å²) in [5.41, 5.74) is 0.702. The quantitative estimate of drug-likeness (QED) is 0.817. The van der Waals surface area contributed by atoms with Crippen LogP contribution < -0.4 is 4.74 Å². The summed E-state index contributed by atoms with van der Waals surface area (Å²) in [5.74, 6) is -0.999. The summed E-state index contributed by atoms with van der Waals surface area (Å²) in [6, 6.07) is 3.85. The first-order valence-corrected chi connectivity index (χ1v) is 5.20. The topological polar surface area (TPSA) is 27.1 Å². The minimum Gasteiger partial charge on any atom is -0.490 e. The van der Waals surface area contributed by atoms with Crippen LogP contribution in [0.2, 0.25) is 0 Å². The molecule has 0 spiro atoms. The molecule has 0 aliphatic heterocycles. The fourth-order valence-electron chi connectivity index (χ4n) is 1.46. The predicted molar refractivity (Wildman–Crippen MR) is 58.8 cm³/mol. The lowest BCUT2D eigenvalue weighted by atomic mass is 10.1. The molecule has 2 aromatic rings. The second-order valence-electron chi connectivity index (χ2n) is 3.70. The van der Waals surface area contributed by atoms with Gasteiger partial charge in [0.15, 0.2) is 17.4 Å². The molecule has 0 unspecified atom stereocenters. The first-order valence-electron chi connectivity index (χ1n) is 5.20. The molecule has 90 valence electrons. The number of benzene rings is 1. The molecule has 0 amide bonds. The molecule has 1 aromatic heterocycles. The predicted octanol–water partition coefficient (Wildman–Crippen LogP) is 2.32. The van der Waals surface area contributed by atoms with E-state index in [-0.39, 0.29) is 0 Å². The smallest absolute Gasteiger partial charge is 0.159 e. The van der Waals surface area contributed by atoms with Crippen LogP contribution in [0.5, 0.6) is 5.75 Å². The first-order chi connectivity index (χ1) is 8.15. The van der Waals surface area contributed by atoms with Crippen LogP contribution in [0, 0.1) is 11.6 Å². The largest absolute Gasteiger partial charge is 0.490 e. The van der Waals surface area contributed by atoms with Crippen LogP contribution in [0.25, 0.3) is 0 Å². The molecule has 17 heavy (non-hydrogen) atoms. The Hall–Kier alpha value is -1.91. The maximum absolute atomic E-state index is 12.9. The van der Waals surface area contributed by atoms with E-state index in [1.54, 1.807) is 30.2 Å². The zero-order valence-electron chi connectivity index (χ0n) is 9.36. The third-order valence-corrected chi connectivity index (χ3v) is 2.32. The van der Waals surface area contributed by atoms with E-state index < -0.39 is 11.6 Å². The van der Waals surface area contributed by atoms with Gasteiger partial charge in [-0.05, 0) is 17.7 Å². The standard InChI is InChI=1S/C12H12F2N2O/c1-16-8-10(7-15-16)17-5-4-9-2-3-11(13)12(14)6-9/h2-3,6-8H,4-5H2,1H3. The molecular formula is C12H12F2N2O. The lowest BCUT2D eigenvalue weighted by molar-refractivity contribution is 0.321. The monoisotopic (exact) mass is 238 g/mol. The summed E-state index contributed by atoms with van der Waals surface area (Å²) in [6.45, 7) is 0.400. The molecule has 5 heteroatoms. The van der Waals surface area contributed by atoms with Crippen LogP contribution in [-0.2, 0) is 13.5 Å². The molecular weight excluding hydrogens is 226 g/mol. The minimum absolute atomic E-state index is 0.400. The summed E-state index contributed by atoms with van der Waals surface area (Å²) in [7, 11) is 1.79. The van der Waals surface area contributed by atoms with Gasteiger partial charge in [-0.1, -0.05) is 6.07 Å². The van der Waals surface area contributed by atoms with E-state index in [4.69, 9.17) is 4.74 Å². The lowest BCUT2D eigenvalue weighted by Gasteiger charge is -2.03. The normalized spacial score (nSPS) is 10.5.